The van der Waals surface area contributed by atoms with Gasteiger partial charge < -0.3 is 15.0 Å². The molecule has 0 bridgehead atoms. The lowest BCUT2D eigenvalue weighted by molar-refractivity contribution is -0.890. The van der Waals surface area contributed by atoms with Gasteiger partial charge in [0, 0.05) is 5.69 Å². The van der Waals surface area contributed by atoms with E-state index in [-0.39, 0.29) is 23.5 Å². The predicted molar refractivity (Wildman–Crippen MR) is 133 cm³/mol. The van der Waals surface area contributed by atoms with Gasteiger partial charge in [-0.05, 0) is 56.3 Å². The second kappa shape index (κ2) is 10.5. The summed E-state index contributed by atoms with van der Waals surface area (Å²) in [4.78, 5) is 18.3. The lowest BCUT2D eigenvalue weighted by atomic mass is 10.2. The molecule has 1 atom stereocenters. The number of ether oxygens (including phenoxy) is 1. The number of amides is 1. The Hall–Kier alpha value is -3.02. The summed E-state index contributed by atoms with van der Waals surface area (Å²) in [7, 11) is 4.06. The number of halogens is 1. The molecule has 0 radical (unpaired) electrons. The van der Waals surface area contributed by atoms with E-state index < -0.39 is 0 Å². The van der Waals surface area contributed by atoms with Crippen molar-refractivity contribution in [3.63, 3.8) is 0 Å². The molecule has 0 aliphatic carbocycles. The largest absolute Gasteiger partial charge is 0.494 e. The lowest BCUT2D eigenvalue weighted by Gasteiger charge is -2.18. The number of hydrogen-bond donors (Lipinski definition) is 2. The highest BCUT2D eigenvalue weighted by Gasteiger charge is 2.24. The minimum Gasteiger partial charge on any atom is -0.494 e. The molecule has 1 amide bonds. The fraction of sp³-hybridized carbons (Fsp3) is 0.304. The van der Waals surface area contributed by atoms with Gasteiger partial charge >= 0.3 is 0 Å². The van der Waals surface area contributed by atoms with Gasteiger partial charge in [-0.2, -0.15) is 0 Å². The molecular formula is C23H26FN6O2S2+. The molecule has 34 heavy (non-hydrogen) atoms. The number of aromatic nitrogens is 4. The number of thiazole rings is 1. The molecule has 0 saturated heterocycles. The summed E-state index contributed by atoms with van der Waals surface area (Å²) in [5, 5.41) is 12.7. The highest BCUT2D eigenvalue weighted by atomic mass is 32.2. The van der Waals surface area contributed by atoms with Crippen molar-refractivity contribution < 1.29 is 18.8 Å². The van der Waals surface area contributed by atoms with Crippen molar-refractivity contribution in [2.45, 2.75) is 25.0 Å². The molecule has 8 nitrogen and oxygen atoms in total. The van der Waals surface area contributed by atoms with Crippen LogP contribution in [0.25, 0.3) is 15.9 Å². The quantitative estimate of drug-likeness (QED) is 0.342. The predicted octanol–water partition coefficient (Wildman–Crippen LogP) is 3.35. The van der Waals surface area contributed by atoms with Gasteiger partial charge in [-0.25, -0.2) is 9.37 Å². The van der Waals surface area contributed by atoms with Crippen LogP contribution in [0, 0.1) is 5.82 Å². The number of carbonyl (C=O) groups is 1. The summed E-state index contributed by atoms with van der Waals surface area (Å²) in [6.45, 7) is 4.57. The third-order valence-corrected chi connectivity index (χ3v) is 7.11. The highest BCUT2D eigenvalue weighted by molar-refractivity contribution is 7.99. The van der Waals surface area contributed by atoms with Crippen molar-refractivity contribution in [2.75, 3.05) is 31.8 Å². The van der Waals surface area contributed by atoms with Gasteiger partial charge in [-0.1, -0.05) is 23.1 Å². The molecule has 4 rings (SSSR count). The second-order valence-electron chi connectivity index (χ2n) is 7.87. The molecule has 11 heteroatoms. The van der Waals surface area contributed by atoms with E-state index in [0.29, 0.717) is 16.9 Å². The van der Waals surface area contributed by atoms with E-state index in [4.69, 9.17) is 4.74 Å². The standard InChI is InChI=1S/C23H25FN6O2S2/c1-5-32-17-10-11-18-19(12-17)34-22(25-18)26-20(31)13-33-23-28-27-21(14(2)29(3)4)30(23)16-8-6-15(24)7-9-16/h6-12,14H,5,13H2,1-4H3,(H,25,26,31)/p+1/t14-/m0/s1. The van der Waals surface area contributed by atoms with Gasteiger partial charge in [0.1, 0.15) is 17.6 Å². The second-order valence-corrected chi connectivity index (χ2v) is 9.84. The first-order chi connectivity index (χ1) is 16.4. The van der Waals surface area contributed by atoms with Crippen LogP contribution in [0.5, 0.6) is 5.75 Å². The minimum atomic E-state index is -0.317. The number of thioether (sulfide) groups is 1. The van der Waals surface area contributed by atoms with Crippen LogP contribution >= 0.6 is 23.1 Å². The molecule has 0 unspecified atom stereocenters. The van der Waals surface area contributed by atoms with Gasteiger partial charge in [0.25, 0.3) is 0 Å². The third kappa shape index (κ3) is 5.37. The molecule has 2 aromatic heterocycles. The summed E-state index contributed by atoms with van der Waals surface area (Å²) >= 11 is 2.67. The van der Waals surface area contributed by atoms with E-state index >= 15 is 0 Å². The SMILES string of the molecule is CCOc1ccc2nc(NC(=O)CSc3nnc([C@H](C)[NH+](C)C)n3-c3ccc(F)cc3)sc2c1. The summed E-state index contributed by atoms with van der Waals surface area (Å²) < 4.78 is 21.8. The van der Waals surface area contributed by atoms with Crippen molar-refractivity contribution in [1.82, 2.24) is 19.7 Å². The smallest absolute Gasteiger partial charge is 0.236 e. The van der Waals surface area contributed by atoms with E-state index in [9.17, 15) is 9.18 Å². The van der Waals surface area contributed by atoms with E-state index in [0.717, 1.165) is 27.5 Å². The van der Waals surface area contributed by atoms with Crippen molar-refractivity contribution in [3.8, 4) is 11.4 Å². The summed E-state index contributed by atoms with van der Waals surface area (Å²) in [6.07, 6.45) is 0. The Morgan fingerprint density at radius 3 is 2.71 bits per heavy atom. The van der Waals surface area contributed by atoms with Gasteiger partial charge in [0.15, 0.2) is 16.1 Å². The van der Waals surface area contributed by atoms with Crippen LogP contribution in [0.15, 0.2) is 47.6 Å². The average molecular weight is 502 g/mol. The number of quaternary nitrogens is 1. The van der Waals surface area contributed by atoms with Gasteiger partial charge in [0.2, 0.25) is 5.91 Å². The van der Waals surface area contributed by atoms with Gasteiger partial charge in [-0.15, -0.1) is 10.2 Å². The Bertz CT molecular complexity index is 1290. The van der Waals surface area contributed by atoms with Crippen molar-refractivity contribution in [3.05, 3.63) is 54.1 Å². The fourth-order valence-corrected chi connectivity index (χ4v) is 4.92. The Labute approximate surface area is 205 Å². The molecule has 178 valence electrons. The molecular weight excluding hydrogens is 475 g/mol. The molecule has 0 aliphatic rings. The zero-order valence-electron chi connectivity index (χ0n) is 19.3. The first kappa shape index (κ1) is 24.1. The fourth-order valence-electron chi connectivity index (χ4n) is 3.25. The Balaban J connectivity index is 1.50. The number of rotatable bonds is 9. The maximum Gasteiger partial charge on any atom is 0.236 e. The molecule has 0 fully saturated rings. The number of carbonyl (C=O) groups excluding carboxylic acids is 1. The van der Waals surface area contributed by atoms with Crippen molar-refractivity contribution in [2.24, 2.45) is 0 Å². The zero-order valence-corrected chi connectivity index (χ0v) is 21.0. The Morgan fingerprint density at radius 1 is 1.24 bits per heavy atom. The monoisotopic (exact) mass is 501 g/mol. The lowest BCUT2D eigenvalue weighted by Crippen LogP contribution is -3.05. The number of nitrogens with zero attached hydrogens (tertiary/aromatic N) is 4. The number of hydrogen-bond acceptors (Lipinski definition) is 7. The molecule has 2 aromatic carbocycles. The molecule has 0 aliphatic heterocycles. The Kier molecular flexibility index (Phi) is 7.44. The van der Waals surface area contributed by atoms with Crippen LogP contribution < -0.4 is 15.0 Å². The van der Waals surface area contributed by atoms with Crippen LogP contribution in [0.1, 0.15) is 25.7 Å². The van der Waals surface area contributed by atoms with Crippen molar-refractivity contribution >= 4 is 44.4 Å². The van der Waals surface area contributed by atoms with Crippen LogP contribution in [0.2, 0.25) is 0 Å². The van der Waals surface area contributed by atoms with E-state index in [1.165, 1.54) is 40.1 Å². The van der Waals surface area contributed by atoms with Crippen LogP contribution in [-0.2, 0) is 4.79 Å². The van der Waals surface area contributed by atoms with E-state index in [2.05, 4.69) is 20.5 Å². The number of nitrogens with one attached hydrogen (secondary N) is 2. The summed E-state index contributed by atoms with van der Waals surface area (Å²) in [5.74, 6) is 1.13. The van der Waals surface area contributed by atoms with Gasteiger partial charge in [0.05, 0.1) is 36.7 Å². The maximum atomic E-state index is 13.5. The summed E-state index contributed by atoms with van der Waals surface area (Å²) in [6, 6.07) is 11.9. The topological polar surface area (TPSA) is 86.4 Å². The zero-order chi connectivity index (χ0) is 24.2. The van der Waals surface area contributed by atoms with E-state index in [1.54, 1.807) is 12.1 Å². The van der Waals surface area contributed by atoms with Crippen LogP contribution in [0.3, 0.4) is 0 Å². The minimum absolute atomic E-state index is 0.0463. The first-order valence-electron chi connectivity index (χ1n) is 10.8. The molecule has 2 heterocycles. The number of fused-ring (bicyclic) bond motifs is 1. The third-order valence-electron chi connectivity index (χ3n) is 5.25. The van der Waals surface area contributed by atoms with Crippen LogP contribution in [-0.4, -0.2) is 52.1 Å². The van der Waals surface area contributed by atoms with Crippen molar-refractivity contribution in [1.29, 1.82) is 0 Å². The number of anilines is 1. The molecule has 4 aromatic rings. The highest BCUT2D eigenvalue weighted by Crippen LogP contribution is 2.30. The van der Waals surface area contributed by atoms with E-state index in [1.807, 2.05) is 50.7 Å². The van der Waals surface area contributed by atoms with Crippen LogP contribution in [0.4, 0.5) is 9.52 Å². The average Bonchev–Trinajstić information content (AvgIpc) is 3.41. The molecule has 2 N–H and O–H groups in total. The normalized spacial score (nSPS) is 12.3. The number of benzene rings is 2. The molecule has 0 spiro atoms. The van der Waals surface area contributed by atoms with Gasteiger partial charge in [-0.3, -0.25) is 9.36 Å². The summed E-state index contributed by atoms with van der Waals surface area (Å²) in [5.41, 5.74) is 1.55. The Morgan fingerprint density at radius 2 is 2.00 bits per heavy atom. The first-order valence-corrected chi connectivity index (χ1v) is 12.6. The maximum absolute atomic E-state index is 13.5. The molecule has 0 saturated carbocycles.